The van der Waals surface area contributed by atoms with Crippen LogP contribution in [0.1, 0.15) is 19.8 Å². The molecule has 0 radical (unpaired) electrons. The van der Waals surface area contributed by atoms with Gasteiger partial charge in [-0.3, -0.25) is 0 Å². The van der Waals surface area contributed by atoms with E-state index in [9.17, 15) is 0 Å². The minimum absolute atomic E-state index is 0. The third-order valence-corrected chi connectivity index (χ3v) is 1.91. The van der Waals surface area contributed by atoms with Gasteiger partial charge in [-0.15, -0.1) is 0 Å². The molecule has 1 aliphatic rings. The first kappa shape index (κ1) is 14.1. The lowest BCUT2D eigenvalue weighted by Gasteiger charge is -2.23. The average Bonchev–Trinajstić information content (AvgIpc) is 2.67. The lowest BCUT2D eigenvalue weighted by atomic mass is 10.3. The van der Waals surface area contributed by atoms with Gasteiger partial charge < -0.3 is 21.6 Å². The summed E-state index contributed by atoms with van der Waals surface area (Å²) >= 11 is 0. The zero-order valence-electron chi connectivity index (χ0n) is 9.38. The summed E-state index contributed by atoms with van der Waals surface area (Å²) in [4.78, 5) is 9.64. The van der Waals surface area contributed by atoms with Crippen molar-refractivity contribution in [2.75, 3.05) is 34.3 Å². The molecule has 0 unspecified atom stereocenters. The van der Waals surface area contributed by atoms with Crippen LogP contribution in [0.5, 0.6) is 0 Å². The van der Waals surface area contributed by atoms with Crippen molar-refractivity contribution in [3.8, 4) is 0 Å². The van der Waals surface area contributed by atoms with Crippen LogP contribution in [0, 0.1) is 0 Å². The summed E-state index contributed by atoms with van der Waals surface area (Å²) in [6, 6.07) is 0. The number of hydrogen-bond donors (Lipinski definition) is 0. The van der Waals surface area contributed by atoms with Gasteiger partial charge in [0, 0.05) is 6.42 Å². The van der Waals surface area contributed by atoms with Gasteiger partial charge in [0.15, 0.2) is 0 Å². The predicted octanol–water partition coefficient (Wildman–Crippen LogP) is -1.87. The van der Waals surface area contributed by atoms with Gasteiger partial charge in [0.1, 0.15) is 13.2 Å². The SMILES string of the molecule is CCCC1(OCC[N+](C)(C)C)OO1.[Cl-]. The van der Waals surface area contributed by atoms with Crippen LogP contribution in [-0.2, 0) is 14.5 Å². The Morgan fingerprint density at radius 3 is 2.14 bits per heavy atom. The molecular weight excluding hydrogens is 206 g/mol. The molecule has 86 valence electrons. The zero-order chi connectivity index (χ0) is 9.95. The standard InChI is InChI=1S/C9H20NO3.ClH/c1-5-6-9(12-13-9)11-8-7-10(2,3)4;/h5-8H2,1-4H3;1H/q+1;/p-1. The van der Waals surface area contributed by atoms with Crippen LogP contribution in [0.15, 0.2) is 0 Å². The fourth-order valence-electron chi connectivity index (χ4n) is 1.03. The molecule has 0 saturated carbocycles. The summed E-state index contributed by atoms with van der Waals surface area (Å²) in [5.74, 6) is -0.691. The maximum atomic E-state index is 5.50. The summed E-state index contributed by atoms with van der Waals surface area (Å²) in [6.45, 7) is 3.71. The Bertz CT molecular complexity index is 166. The molecule has 1 heterocycles. The fourth-order valence-corrected chi connectivity index (χ4v) is 1.03. The van der Waals surface area contributed by atoms with E-state index in [2.05, 4.69) is 28.1 Å². The number of halogens is 1. The number of quaternary nitrogens is 1. The molecule has 0 aliphatic carbocycles. The molecule has 0 amide bonds. The van der Waals surface area contributed by atoms with Gasteiger partial charge in [-0.2, -0.15) is 9.78 Å². The Morgan fingerprint density at radius 1 is 1.21 bits per heavy atom. The maximum absolute atomic E-state index is 5.50. The lowest BCUT2D eigenvalue weighted by molar-refractivity contribution is -0.871. The van der Waals surface area contributed by atoms with Crippen molar-refractivity contribution in [2.24, 2.45) is 0 Å². The van der Waals surface area contributed by atoms with Crippen LogP contribution in [0.2, 0.25) is 0 Å². The van der Waals surface area contributed by atoms with E-state index in [1.54, 1.807) is 0 Å². The molecule has 0 aromatic heterocycles. The second kappa shape index (κ2) is 5.28. The molecule has 0 atom stereocenters. The summed E-state index contributed by atoms with van der Waals surface area (Å²) < 4.78 is 6.39. The predicted molar refractivity (Wildman–Crippen MR) is 48.7 cm³/mol. The van der Waals surface area contributed by atoms with E-state index in [0.717, 1.165) is 23.9 Å². The van der Waals surface area contributed by atoms with Crippen LogP contribution in [0.25, 0.3) is 0 Å². The molecule has 1 saturated heterocycles. The van der Waals surface area contributed by atoms with Gasteiger partial charge in [-0.1, -0.05) is 6.92 Å². The quantitative estimate of drug-likeness (QED) is 0.302. The smallest absolute Gasteiger partial charge is 0.340 e. The third-order valence-electron chi connectivity index (χ3n) is 1.91. The van der Waals surface area contributed by atoms with E-state index >= 15 is 0 Å². The molecule has 0 bridgehead atoms. The highest BCUT2D eigenvalue weighted by Crippen LogP contribution is 2.35. The second-order valence-corrected chi connectivity index (χ2v) is 4.46. The first-order valence-corrected chi connectivity index (χ1v) is 4.79. The van der Waals surface area contributed by atoms with E-state index in [1.807, 2.05) is 0 Å². The van der Waals surface area contributed by atoms with Gasteiger partial charge in [-0.05, 0) is 6.42 Å². The van der Waals surface area contributed by atoms with Gasteiger partial charge in [0.05, 0.1) is 21.1 Å². The normalized spacial score (nSPS) is 18.9. The van der Waals surface area contributed by atoms with Crippen molar-refractivity contribution in [1.82, 2.24) is 0 Å². The summed E-state index contributed by atoms with van der Waals surface area (Å²) in [5, 5.41) is 0. The van der Waals surface area contributed by atoms with Crippen molar-refractivity contribution in [3.05, 3.63) is 0 Å². The Kier molecular flexibility index (Phi) is 5.33. The molecule has 0 N–H and O–H groups in total. The van der Waals surface area contributed by atoms with Gasteiger partial charge >= 0.3 is 5.97 Å². The van der Waals surface area contributed by atoms with Gasteiger partial charge in [0.25, 0.3) is 0 Å². The van der Waals surface area contributed by atoms with E-state index in [-0.39, 0.29) is 12.4 Å². The Hall–Kier alpha value is 0.130. The maximum Gasteiger partial charge on any atom is 0.340 e. The Morgan fingerprint density at radius 2 is 1.79 bits per heavy atom. The molecule has 1 rings (SSSR count). The molecule has 0 aromatic rings. The van der Waals surface area contributed by atoms with Crippen molar-refractivity contribution in [2.45, 2.75) is 25.7 Å². The van der Waals surface area contributed by atoms with E-state index < -0.39 is 5.97 Å². The van der Waals surface area contributed by atoms with Crippen molar-refractivity contribution in [3.63, 3.8) is 0 Å². The Balaban J connectivity index is 0.00000169. The summed E-state index contributed by atoms with van der Waals surface area (Å²) in [7, 11) is 6.39. The number of likely N-dealkylation sites (N-methyl/N-ethyl adjacent to an activating group) is 1. The monoisotopic (exact) mass is 225 g/mol. The van der Waals surface area contributed by atoms with Crippen LogP contribution in [0.3, 0.4) is 0 Å². The summed E-state index contributed by atoms with van der Waals surface area (Å²) in [5.41, 5.74) is 0. The lowest BCUT2D eigenvalue weighted by Crippen LogP contribution is -3.00. The van der Waals surface area contributed by atoms with Crippen LogP contribution in [-0.4, -0.2) is 44.8 Å². The average molecular weight is 226 g/mol. The largest absolute Gasteiger partial charge is 1.00 e. The summed E-state index contributed by atoms with van der Waals surface area (Å²) in [6.07, 6.45) is 1.81. The van der Waals surface area contributed by atoms with Crippen LogP contribution < -0.4 is 12.4 Å². The fraction of sp³-hybridized carbons (Fsp3) is 1.00. The highest BCUT2D eigenvalue weighted by molar-refractivity contribution is 4.59. The van der Waals surface area contributed by atoms with Crippen molar-refractivity contribution < 1.29 is 31.4 Å². The number of nitrogens with zero attached hydrogens (tertiary/aromatic N) is 1. The molecule has 1 aliphatic heterocycles. The minimum Gasteiger partial charge on any atom is -1.00 e. The third kappa shape index (κ3) is 5.12. The molecule has 4 nitrogen and oxygen atoms in total. The zero-order valence-corrected chi connectivity index (χ0v) is 10.1. The van der Waals surface area contributed by atoms with Crippen LogP contribution in [0.4, 0.5) is 0 Å². The van der Waals surface area contributed by atoms with Crippen molar-refractivity contribution in [1.29, 1.82) is 0 Å². The van der Waals surface area contributed by atoms with E-state index in [0.29, 0.717) is 6.61 Å². The van der Waals surface area contributed by atoms with E-state index in [4.69, 9.17) is 14.5 Å². The molecular formula is C9H20ClNO3. The van der Waals surface area contributed by atoms with Crippen molar-refractivity contribution >= 4 is 0 Å². The molecule has 5 heteroatoms. The first-order chi connectivity index (χ1) is 5.97. The number of rotatable bonds is 6. The molecule has 0 spiro atoms. The highest BCUT2D eigenvalue weighted by atomic mass is 35.5. The van der Waals surface area contributed by atoms with Gasteiger partial charge in [-0.25, -0.2) is 0 Å². The van der Waals surface area contributed by atoms with Crippen LogP contribution >= 0.6 is 0 Å². The molecule has 0 aromatic carbocycles. The Labute approximate surface area is 92.0 Å². The minimum atomic E-state index is -0.691. The topological polar surface area (TPSA) is 34.3 Å². The number of ether oxygens (including phenoxy) is 1. The highest BCUT2D eigenvalue weighted by Gasteiger charge is 2.50. The second-order valence-electron chi connectivity index (χ2n) is 4.46. The molecule has 14 heavy (non-hydrogen) atoms. The van der Waals surface area contributed by atoms with E-state index in [1.165, 1.54) is 0 Å². The number of hydrogen-bond acceptors (Lipinski definition) is 3. The first-order valence-electron chi connectivity index (χ1n) is 4.79. The molecule has 1 fully saturated rings. The van der Waals surface area contributed by atoms with Gasteiger partial charge in [0.2, 0.25) is 0 Å².